The van der Waals surface area contributed by atoms with E-state index in [0.29, 0.717) is 11.6 Å². The summed E-state index contributed by atoms with van der Waals surface area (Å²) in [4.78, 5) is 14.2. The third-order valence-corrected chi connectivity index (χ3v) is 3.60. The molecule has 0 saturated heterocycles. The smallest absolute Gasteiger partial charge is 0.242 e. The van der Waals surface area contributed by atoms with E-state index in [4.69, 9.17) is 4.52 Å². The Bertz CT molecular complexity index is 621. The predicted octanol–water partition coefficient (Wildman–Crippen LogP) is 2.75. The Hall–Kier alpha value is -2.14. The van der Waals surface area contributed by atoms with Crippen LogP contribution in [-0.4, -0.2) is 29.1 Å². The average Bonchev–Trinajstić information content (AvgIpc) is 2.85. The van der Waals surface area contributed by atoms with Gasteiger partial charge in [0, 0.05) is 12.6 Å². The van der Waals surface area contributed by atoms with Crippen LogP contribution in [0.15, 0.2) is 34.9 Å². The zero-order valence-corrected chi connectivity index (χ0v) is 12.9. The Morgan fingerprint density at radius 1 is 1.38 bits per heavy atom. The Morgan fingerprint density at radius 2 is 2.10 bits per heavy atom. The van der Waals surface area contributed by atoms with Crippen molar-refractivity contribution in [1.82, 2.24) is 10.1 Å². The molecule has 1 aromatic heterocycles. The SMILES string of the molecule is Cc1cc(NC(=O)C(C)N(C)Cc2ccccc2C)no1. The first kappa shape index (κ1) is 15.3. The van der Waals surface area contributed by atoms with Crippen LogP contribution < -0.4 is 5.32 Å². The van der Waals surface area contributed by atoms with Crippen molar-refractivity contribution in [2.24, 2.45) is 0 Å². The topological polar surface area (TPSA) is 58.4 Å². The molecule has 1 amide bonds. The summed E-state index contributed by atoms with van der Waals surface area (Å²) < 4.78 is 4.94. The minimum atomic E-state index is -0.262. The standard InChI is InChI=1S/C16H21N3O2/c1-11-7-5-6-8-14(11)10-19(4)13(3)16(20)17-15-9-12(2)21-18-15/h5-9,13H,10H2,1-4H3,(H,17,18,20). The highest BCUT2D eigenvalue weighted by Gasteiger charge is 2.19. The van der Waals surface area contributed by atoms with Crippen molar-refractivity contribution in [3.05, 3.63) is 47.2 Å². The fourth-order valence-corrected chi connectivity index (χ4v) is 2.05. The van der Waals surface area contributed by atoms with E-state index in [1.165, 1.54) is 11.1 Å². The third kappa shape index (κ3) is 3.92. The van der Waals surface area contributed by atoms with E-state index < -0.39 is 0 Å². The quantitative estimate of drug-likeness (QED) is 0.918. The van der Waals surface area contributed by atoms with Crippen LogP contribution in [0.1, 0.15) is 23.8 Å². The lowest BCUT2D eigenvalue weighted by Gasteiger charge is -2.24. The summed E-state index contributed by atoms with van der Waals surface area (Å²) in [5.74, 6) is 1.03. The molecule has 0 aliphatic heterocycles. The van der Waals surface area contributed by atoms with Crippen LogP contribution in [0, 0.1) is 13.8 Å². The van der Waals surface area contributed by atoms with E-state index in [2.05, 4.69) is 29.5 Å². The summed E-state index contributed by atoms with van der Waals surface area (Å²) >= 11 is 0. The van der Waals surface area contributed by atoms with Gasteiger partial charge in [0.2, 0.25) is 5.91 Å². The molecule has 5 nitrogen and oxygen atoms in total. The average molecular weight is 287 g/mol. The van der Waals surface area contributed by atoms with Crippen molar-refractivity contribution in [1.29, 1.82) is 0 Å². The summed E-state index contributed by atoms with van der Waals surface area (Å²) in [5, 5.41) is 6.53. The number of amides is 1. The molecule has 2 aromatic rings. The van der Waals surface area contributed by atoms with Gasteiger partial charge >= 0.3 is 0 Å². The number of rotatable bonds is 5. The number of aromatic nitrogens is 1. The first-order valence-corrected chi connectivity index (χ1v) is 6.96. The molecule has 0 spiro atoms. The molecule has 0 bridgehead atoms. The first-order valence-electron chi connectivity index (χ1n) is 6.96. The number of benzene rings is 1. The first-order chi connectivity index (χ1) is 9.97. The maximum atomic E-state index is 12.2. The van der Waals surface area contributed by atoms with Crippen LogP contribution in [0.2, 0.25) is 0 Å². The minimum absolute atomic E-state index is 0.0978. The lowest BCUT2D eigenvalue weighted by atomic mass is 10.1. The van der Waals surface area contributed by atoms with Gasteiger partial charge in [-0.25, -0.2) is 0 Å². The Labute approximate surface area is 124 Å². The van der Waals surface area contributed by atoms with Crippen LogP contribution in [0.5, 0.6) is 0 Å². The van der Waals surface area contributed by atoms with Crippen molar-refractivity contribution in [2.75, 3.05) is 12.4 Å². The fraction of sp³-hybridized carbons (Fsp3) is 0.375. The van der Waals surface area contributed by atoms with Crippen LogP contribution >= 0.6 is 0 Å². The van der Waals surface area contributed by atoms with E-state index in [1.54, 1.807) is 13.0 Å². The molecule has 1 atom stereocenters. The number of likely N-dealkylation sites (N-methyl/N-ethyl adjacent to an activating group) is 1. The summed E-state index contributed by atoms with van der Waals surface area (Å²) in [6, 6.07) is 9.62. The Kier molecular flexibility index (Phi) is 4.75. The highest BCUT2D eigenvalue weighted by atomic mass is 16.5. The van der Waals surface area contributed by atoms with E-state index in [0.717, 1.165) is 6.54 Å². The van der Waals surface area contributed by atoms with Gasteiger partial charge in [-0.1, -0.05) is 29.4 Å². The minimum Gasteiger partial charge on any atom is -0.360 e. The number of carbonyl (C=O) groups is 1. The molecule has 5 heteroatoms. The Morgan fingerprint density at radius 3 is 2.71 bits per heavy atom. The molecular weight excluding hydrogens is 266 g/mol. The van der Waals surface area contributed by atoms with Crippen LogP contribution in [0.4, 0.5) is 5.82 Å². The number of aryl methyl sites for hydroxylation is 2. The number of hydrogen-bond donors (Lipinski definition) is 1. The van der Waals surface area contributed by atoms with Crippen molar-refractivity contribution < 1.29 is 9.32 Å². The maximum absolute atomic E-state index is 12.2. The molecule has 112 valence electrons. The summed E-state index contributed by atoms with van der Waals surface area (Å²) in [7, 11) is 1.94. The summed E-state index contributed by atoms with van der Waals surface area (Å²) in [5.41, 5.74) is 2.45. The molecule has 0 aliphatic rings. The van der Waals surface area contributed by atoms with Gasteiger partial charge in [0.05, 0.1) is 6.04 Å². The van der Waals surface area contributed by atoms with Crippen LogP contribution in [-0.2, 0) is 11.3 Å². The largest absolute Gasteiger partial charge is 0.360 e. The number of carbonyl (C=O) groups excluding carboxylic acids is 1. The summed E-state index contributed by atoms with van der Waals surface area (Å²) in [6.07, 6.45) is 0. The van der Waals surface area contributed by atoms with Crippen molar-refractivity contribution in [3.8, 4) is 0 Å². The van der Waals surface area contributed by atoms with E-state index in [9.17, 15) is 4.79 Å². The van der Waals surface area contributed by atoms with Gasteiger partial charge in [-0.15, -0.1) is 0 Å². The Balaban J connectivity index is 1.97. The molecule has 21 heavy (non-hydrogen) atoms. The number of hydrogen-bond acceptors (Lipinski definition) is 4. The van der Waals surface area contributed by atoms with Gasteiger partial charge in [-0.2, -0.15) is 0 Å². The second-order valence-electron chi connectivity index (χ2n) is 5.33. The van der Waals surface area contributed by atoms with Gasteiger partial charge < -0.3 is 9.84 Å². The van der Waals surface area contributed by atoms with Crippen LogP contribution in [0.25, 0.3) is 0 Å². The molecule has 1 unspecified atom stereocenters. The zero-order chi connectivity index (χ0) is 15.4. The van der Waals surface area contributed by atoms with Crippen molar-refractivity contribution in [3.63, 3.8) is 0 Å². The van der Waals surface area contributed by atoms with Crippen LogP contribution in [0.3, 0.4) is 0 Å². The van der Waals surface area contributed by atoms with Crippen molar-refractivity contribution >= 4 is 11.7 Å². The lowest BCUT2D eigenvalue weighted by Crippen LogP contribution is -2.39. The molecule has 1 heterocycles. The molecule has 0 aliphatic carbocycles. The number of nitrogens with zero attached hydrogens (tertiary/aromatic N) is 2. The van der Waals surface area contributed by atoms with E-state index in [1.807, 2.05) is 31.0 Å². The molecule has 1 N–H and O–H groups in total. The predicted molar refractivity (Wildman–Crippen MR) is 82.0 cm³/mol. The highest BCUT2D eigenvalue weighted by molar-refractivity contribution is 5.93. The van der Waals surface area contributed by atoms with Gasteiger partial charge in [0.25, 0.3) is 0 Å². The zero-order valence-electron chi connectivity index (χ0n) is 12.9. The summed E-state index contributed by atoms with van der Waals surface area (Å²) in [6.45, 7) is 6.46. The second kappa shape index (κ2) is 6.54. The number of nitrogens with one attached hydrogen (secondary N) is 1. The molecule has 1 aromatic carbocycles. The molecule has 0 radical (unpaired) electrons. The van der Waals surface area contributed by atoms with Gasteiger partial charge in [0.1, 0.15) is 5.76 Å². The monoisotopic (exact) mass is 287 g/mol. The normalized spacial score (nSPS) is 12.4. The molecule has 0 saturated carbocycles. The third-order valence-electron chi connectivity index (χ3n) is 3.60. The van der Waals surface area contributed by atoms with Gasteiger partial charge in [-0.3, -0.25) is 9.69 Å². The number of anilines is 1. The second-order valence-corrected chi connectivity index (χ2v) is 5.33. The van der Waals surface area contributed by atoms with E-state index >= 15 is 0 Å². The maximum Gasteiger partial charge on any atom is 0.242 e. The fourth-order valence-electron chi connectivity index (χ4n) is 2.05. The molecule has 2 rings (SSSR count). The van der Waals surface area contributed by atoms with Gasteiger partial charge in [0.15, 0.2) is 5.82 Å². The molecule has 0 fully saturated rings. The molecular formula is C16H21N3O2. The lowest BCUT2D eigenvalue weighted by molar-refractivity contribution is -0.120. The van der Waals surface area contributed by atoms with Crippen molar-refractivity contribution in [2.45, 2.75) is 33.4 Å². The highest BCUT2D eigenvalue weighted by Crippen LogP contribution is 2.13. The van der Waals surface area contributed by atoms with E-state index in [-0.39, 0.29) is 11.9 Å². The van der Waals surface area contributed by atoms with Gasteiger partial charge in [-0.05, 0) is 38.9 Å².